The maximum Gasteiger partial charge on any atom is 0.203 e. The number of likely N-dealkylation sites (tertiary alicyclic amines) is 1. The van der Waals surface area contributed by atoms with E-state index in [1.165, 1.54) is 55.6 Å². The number of quaternary nitrogens is 1. The molecule has 1 N–H and O–H groups in total. The summed E-state index contributed by atoms with van der Waals surface area (Å²) in [6.07, 6.45) is 7.20. The molecule has 29 heavy (non-hydrogen) atoms. The first kappa shape index (κ1) is 19.2. The molecule has 152 valence electrons. The van der Waals surface area contributed by atoms with Gasteiger partial charge in [-0.15, -0.1) is 11.3 Å². The van der Waals surface area contributed by atoms with Crippen LogP contribution in [-0.2, 0) is 19.5 Å². The Morgan fingerprint density at radius 3 is 2.52 bits per heavy atom. The summed E-state index contributed by atoms with van der Waals surface area (Å²) >= 11 is 7.66. The lowest BCUT2D eigenvalue weighted by Crippen LogP contribution is -3.12. The fourth-order valence-electron chi connectivity index (χ4n) is 4.56. The number of rotatable bonds is 7. The number of hydrogen-bond acceptors (Lipinski definition) is 3. The molecule has 1 aliphatic heterocycles. The molecule has 4 nitrogen and oxygen atoms in total. The van der Waals surface area contributed by atoms with E-state index in [4.69, 9.17) is 17.3 Å². The molecule has 6 heteroatoms. The van der Waals surface area contributed by atoms with Gasteiger partial charge in [-0.25, -0.2) is 0 Å². The predicted octanol–water partition coefficient (Wildman–Crippen LogP) is 3.90. The smallest absolute Gasteiger partial charge is 0.203 e. The summed E-state index contributed by atoms with van der Waals surface area (Å²) in [4.78, 5) is 2.99. The molecule has 2 aromatic heterocycles. The van der Waals surface area contributed by atoms with Gasteiger partial charge in [0, 0.05) is 17.3 Å². The lowest BCUT2D eigenvalue weighted by molar-refractivity contribution is -0.929. The Labute approximate surface area is 181 Å². The molecule has 0 unspecified atom stereocenters. The van der Waals surface area contributed by atoms with Crippen LogP contribution in [0.1, 0.15) is 48.0 Å². The van der Waals surface area contributed by atoms with Gasteiger partial charge in [0.15, 0.2) is 6.67 Å². The average Bonchev–Trinajstić information content (AvgIpc) is 3.35. The molecule has 3 aromatic rings. The van der Waals surface area contributed by atoms with Crippen LogP contribution in [0.5, 0.6) is 0 Å². The molecule has 5 rings (SSSR count). The first-order valence-corrected chi connectivity index (χ1v) is 12.1. The van der Waals surface area contributed by atoms with Gasteiger partial charge in [0.1, 0.15) is 5.82 Å². The van der Waals surface area contributed by atoms with Crippen LogP contribution in [0.3, 0.4) is 0 Å². The fraction of sp³-hybridized carbons (Fsp3) is 0.478. The second-order valence-corrected chi connectivity index (χ2v) is 9.99. The van der Waals surface area contributed by atoms with Crippen LogP contribution in [0.4, 0.5) is 0 Å². The molecule has 1 aliphatic carbocycles. The van der Waals surface area contributed by atoms with Crippen LogP contribution in [0.15, 0.2) is 47.8 Å². The highest BCUT2D eigenvalue weighted by molar-refractivity contribution is 7.71. The van der Waals surface area contributed by atoms with Gasteiger partial charge in [-0.1, -0.05) is 36.4 Å². The van der Waals surface area contributed by atoms with Gasteiger partial charge >= 0.3 is 0 Å². The number of thiophene rings is 1. The zero-order valence-corrected chi connectivity index (χ0v) is 18.4. The second-order valence-electron chi connectivity index (χ2n) is 8.60. The van der Waals surface area contributed by atoms with Crippen molar-refractivity contribution in [2.24, 2.45) is 5.92 Å². The molecule has 1 aromatic carbocycles. The third-order valence-corrected chi connectivity index (χ3v) is 7.60. The van der Waals surface area contributed by atoms with E-state index in [-0.39, 0.29) is 0 Å². The Morgan fingerprint density at radius 2 is 1.83 bits per heavy atom. The van der Waals surface area contributed by atoms with Gasteiger partial charge in [-0.2, -0.15) is 9.78 Å². The highest BCUT2D eigenvalue weighted by Gasteiger charge is 2.30. The normalized spacial score (nSPS) is 22.1. The lowest BCUT2D eigenvalue weighted by Gasteiger charge is -2.29. The maximum absolute atomic E-state index is 5.86. The quantitative estimate of drug-likeness (QED) is 0.582. The van der Waals surface area contributed by atoms with E-state index in [9.17, 15) is 0 Å². The molecule has 0 amide bonds. The minimum Gasteiger partial charge on any atom is -0.316 e. The highest BCUT2D eigenvalue weighted by atomic mass is 32.1. The van der Waals surface area contributed by atoms with Crippen molar-refractivity contribution < 1.29 is 4.90 Å². The van der Waals surface area contributed by atoms with E-state index in [1.807, 2.05) is 11.3 Å². The minimum atomic E-state index is 0.581. The molecular weight excluding hydrogens is 396 g/mol. The van der Waals surface area contributed by atoms with Crippen LogP contribution in [0.25, 0.3) is 0 Å². The van der Waals surface area contributed by atoms with Crippen molar-refractivity contribution in [3.05, 3.63) is 68.9 Å². The van der Waals surface area contributed by atoms with Crippen molar-refractivity contribution in [2.75, 3.05) is 13.1 Å². The average molecular weight is 426 g/mol. The summed E-state index contributed by atoms with van der Waals surface area (Å²) in [6, 6.07) is 15.8. The Hall–Kier alpha value is -1.76. The molecule has 0 radical (unpaired) electrons. The molecule has 3 heterocycles. The number of nitrogens with zero attached hydrogens (tertiary/aromatic N) is 3. The number of piperidine rings is 1. The van der Waals surface area contributed by atoms with E-state index < -0.39 is 0 Å². The SMILES string of the molecule is S=c1n(C[NH+]2CCC(Cc3ccccc3)CC2)nc(Cc2cccs2)n1C1CC1. The largest absolute Gasteiger partial charge is 0.316 e. The van der Waals surface area contributed by atoms with Crippen molar-refractivity contribution in [1.82, 2.24) is 14.3 Å². The lowest BCUT2D eigenvalue weighted by atomic mass is 9.90. The molecule has 2 fully saturated rings. The topological polar surface area (TPSA) is 27.2 Å². The van der Waals surface area contributed by atoms with E-state index in [2.05, 4.69) is 57.1 Å². The zero-order valence-electron chi connectivity index (χ0n) is 16.8. The van der Waals surface area contributed by atoms with Crippen LogP contribution in [0, 0.1) is 10.7 Å². The molecule has 0 bridgehead atoms. The predicted molar refractivity (Wildman–Crippen MR) is 120 cm³/mol. The number of aromatic nitrogens is 3. The Kier molecular flexibility index (Phi) is 5.66. The Morgan fingerprint density at radius 1 is 1.03 bits per heavy atom. The van der Waals surface area contributed by atoms with Crippen molar-refractivity contribution in [2.45, 2.75) is 51.2 Å². The van der Waals surface area contributed by atoms with Crippen molar-refractivity contribution in [3.63, 3.8) is 0 Å². The van der Waals surface area contributed by atoms with Gasteiger partial charge in [-0.05, 0) is 67.2 Å². The maximum atomic E-state index is 5.86. The molecule has 1 saturated heterocycles. The first-order chi connectivity index (χ1) is 14.3. The Bertz CT molecular complexity index is 978. The second kappa shape index (κ2) is 8.54. The highest BCUT2D eigenvalue weighted by Crippen LogP contribution is 2.36. The first-order valence-electron chi connectivity index (χ1n) is 10.8. The number of hydrogen-bond donors (Lipinski definition) is 1. The summed E-state index contributed by atoms with van der Waals surface area (Å²) in [6.45, 7) is 3.35. The summed E-state index contributed by atoms with van der Waals surface area (Å²) < 4.78 is 5.39. The van der Waals surface area contributed by atoms with Gasteiger partial charge in [0.2, 0.25) is 4.77 Å². The standard InChI is InChI=1S/C23H28N4S2/c28-23-26(24-22(27(23)20-8-9-20)16-21-7-4-14-29-21)17-25-12-10-19(11-13-25)15-18-5-2-1-3-6-18/h1-7,14,19-20H,8-13,15-17H2/p+1. The number of benzene rings is 1. The van der Waals surface area contributed by atoms with Crippen LogP contribution in [0.2, 0.25) is 0 Å². The van der Waals surface area contributed by atoms with E-state index in [1.54, 1.807) is 4.90 Å². The number of nitrogens with one attached hydrogen (secondary N) is 1. The van der Waals surface area contributed by atoms with Crippen molar-refractivity contribution in [1.29, 1.82) is 0 Å². The van der Waals surface area contributed by atoms with Crippen LogP contribution in [-0.4, -0.2) is 27.4 Å². The van der Waals surface area contributed by atoms with E-state index >= 15 is 0 Å². The molecular formula is C23H29N4S2+. The molecule has 0 spiro atoms. The summed E-state index contributed by atoms with van der Waals surface area (Å²) in [5.41, 5.74) is 1.48. The van der Waals surface area contributed by atoms with E-state index in [0.29, 0.717) is 6.04 Å². The fourth-order valence-corrected chi connectivity index (χ4v) is 5.63. The Balaban J connectivity index is 1.23. The zero-order chi connectivity index (χ0) is 19.6. The van der Waals surface area contributed by atoms with Gasteiger partial charge < -0.3 is 9.47 Å². The molecule has 0 atom stereocenters. The van der Waals surface area contributed by atoms with Gasteiger partial charge in [-0.3, -0.25) is 0 Å². The van der Waals surface area contributed by atoms with Crippen molar-refractivity contribution >= 4 is 23.6 Å². The molecule has 1 saturated carbocycles. The summed E-state index contributed by atoms with van der Waals surface area (Å²) in [5.74, 6) is 1.96. The minimum absolute atomic E-state index is 0.581. The van der Waals surface area contributed by atoms with Crippen LogP contribution >= 0.6 is 23.6 Å². The van der Waals surface area contributed by atoms with Crippen LogP contribution < -0.4 is 4.90 Å². The van der Waals surface area contributed by atoms with Gasteiger partial charge in [0.25, 0.3) is 0 Å². The van der Waals surface area contributed by atoms with Crippen molar-refractivity contribution in [3.8, 4) is 0 Å². The van der Waals surface area contributed by atoms with Gasteiger partial charge in [0.05, 0.1) is 13.1 Å². The summed E-state index contributed by atoms with van der Waals surface area (Å²) in [5, 5.41) is 7.13. The van der Waals surface area contributed by atoms with E-state index in [0.717, 1.165) is 29.6 Å². The summed E-state index contributed by atoms with van der Waals surface area (Å²) in [7, 11) is 0. The monoisotopic (exact) mass is 425 g/mol. The molecule has 2 aliphatic rings. The third kappa shape index (κ3) is 4.55. The third-order valence-electron chi connectivity index (χ3n) is 6.32.